The Labute approximate surface area is 160 Å². The minimum absolute atomic E-state index is 0.691. The van der Waals surface area contributed by atoms with E-state index in [1.165, 1.54) is 11.8 Å². The Balaban J connectivity index is 1.75. The first-order chi connectivity index (χ1) is 11.1. The van der Waals surface area contributed by atoms with Gasteiger partial charge in [-0.1, -0.05) is 39.3 Å². The van der Waals surface area contributed by atoms with Crippen molar-refractivity contribution < 1.29 is 4.42 Å². The molecular weight excluding hydrogens is 462 g/mol. The number of furan rings is 1. The van der Waals surface area contributed by atoms with E-state index < -0.39 is 0 Å². The molecule has 0 N–H and O–H groups in total. The molecule has 1 heterocycles. The van der Waals surface area contributed by atoms with Crippen molar-refractivity contribution >= 4 is 67.1 Å². The van der Waals surface area contributed by atoms with Crippen LogP contribution in [0.1, 0.15) is 5.76 Å². The molecule has 0 amide bonds. The highest BCUT2D eigenvalue weighted by molar-refractivity contribution is 9.10. The summed E-state index contributed by atoms with van der Waals surface area (Å²) in [5, 5.41) is 1.50. The summed E-state index contributed by atoms with van der Waals surface area (Å²) in [4.78, 5) is 5.46. The van der Waals surface area contributed by atoms with Crippen molar-refractivity contribution in [1.29, 1.82) is 0 Å². The first-order valence-corrected chi connectivity index (χ1v) is 9.40. The molecule has 0 bridgehead atoms. The van der Waals surface area contributed by atoms with Gasteiger partial charge in [-0.15, -0.1) is 0 Å². The SMILES string of the molecule is Clc1ccc(Sc2oc(C=Nc3ccc(Br)cc3)cc2Br)cc1. The van der Waals surface area contributed by atoms with Crippen molar-refractivity contribution in [2.75, 3.05) is 0 Å². The summed E-state index contributed by atoms with van der Waals surface area (Å²) in [6.45, 7) is 0. The van der Waals surface area contributed by atoms with E-state index >= 15 is 0 Å². The fourth-order valence-electron chi connectivity index (χ4n) is 1.78. The summed E-state index contributed by atoms with van der Waals surface area (Å²) in [5.74, 6) is 0.691. The molecule has 0 unspecified atom stereocenters. The van der Waals surface area contributed by atoms with Crippen LogP contribution in [0.4, 0.5) is 5.69 Å². The lowest BCUT2D eigenvalue weighted by molar-refractivity contribution is 0.466. The third kappa shape index (κ3) is 4.73. The molecule has 2 nitrogen and oxygen atoms in total. The Kier molecular flexibility index (Phi) is 5.64. The maximum absolute atomic E-state index is 5.90. The van der Waals surface area contributed by atoms with Crippen LogP contribution in [-0.4, -0.2) is 6.21 Å². The Bertz CT molecular complexity index is 829. The van der Waals surface area contributed by atoms with Gasteiger partial charge in [0.2, 0.25) is 0 Å². The topological polar surface area (TPSA) is 25.5 Å². The Hall–Kier alpha value is -1.01. The lowest BCUT2D eigenvalue weighted by Gasteiger charge is -1.98. The molecule has 116 valence electrons. The molecule has 0 aliphatic heterocycles. The Morgan fingerprint density at radius 1 is 1.00 bits per heavy atom. The fraction of sp³-hybridized carbons (Fsp3) is 0. The molecule has 0 aliphatic carbocycles. The highest BCUT2D eigenvalue weighted by Gasteiger charge is 2.09. The first kappa shape index (κ1) is 16.8. The third-order valence-corrected chi connectivity index (χ3v) is 5.49. The van der Waals surface area contributed by atoms with E-state index in [4.69, 9.17) is 16.0 Å². The average molecular weight is 472 g/mol. The second kappa shape index (κ2) is 7.71. The number of aliphatic imine (C=N–C) groups is 1. The van der Waals surface area contributed by atoms with E-state index in [9.17, 15) is 0 Å². The summed E-state index contributed by atoms with van der Waals surface area (Å²) in [6, 6.07) is 17.3. The summed E-state index contributed by atoms with van der Waals surface area (Å²) in [7, 11) is 0. The van der Waals surface area contributed by atoms with Gasteiger partial charge >= 0.3 is 0 Å². The van der Waals surface area contributed by atoms with Crippen LogP contribution in [0.3, 0.4) is 0 Å². The minimum atomic E-state index is 0.691. The van der Waals surface area contributed by atoms with Gasteiger partial charge in [-0.2, -0.15) is 0 Å². The molecule has 0 fully saturated rings. The van der Waals surface area contributed by atoms with E-state index in [-0.39, 0.29) is 0 Å². The van der Waals surface area contributed by atoms with Gasteiger partial charge in [0.1, 0.15) is 5.76 Å². The molecule has 0 radical (unpaired) electrons. The molecule has 23 heavy (non-hydrogen) atoms. The van der Waals surface area contributed by atoms with E-state index in [1.807, 2.05) is 54.6 Å². The predicted octanol–water partition coefficient (Wildman–Crippen LogP) is 7.36. The van der Waals surface area contributed by atoms with Gasteiger partial charge in [0.15, 0.2) is 5.09 Å². The standard InChI is InChI=1S/C17H10Br2ClNOS/c18-11-1-5-13(6-2-11)21-10-14-9-16(19)17(22-14)23-15-7-3-12(20)4-8-15/h1-10H. The summed E-state index contributed by atoms with van der Waals surface area (Å²) >= 11 is 14.3. The van der Waals surface area contributed by atoms with Gasteiger partial charge in [0.05, 0.1) is 16.4 Å². The largest absolute Gasteiger partial charge is 0.447 e. The van der Waals surface area contributed by atoms with Crippen molar-refractivity contribution in [3.63, 3.8) is 0 Å². The van der Waals surface area contributed by atoms with Crippen molar-refractivity contribution in [3.8, 4) is 0 Å². The summed E-state index contributed by atoms with van der Waals surface area (Å²) < 4.78 is 7.74. The second-order valence-electron chi connectivity index (χ2n) is 4.57. The van der Waals surface area contributed by atoms with E-state index in [0.717, 1.165) is 29.6 Å². The molecule has 0 saturated carbocycles. The molecule has 1 aromatic heterocycles. The number of nitrogens with zero attached hydrogens (tertiary/aromatic N) is 1. The normalized spacial score (nSPS) is 11.3. The van der Waals surface area contributed by atoms with Crippen LogP contribution >= 0.6 is 55.2 Å². The fourth-order valence-corrected chi connectivity index (χ4v) is 3.50. The van der Waals surface area contributed by atoms with Gasteiger partial charge in [0, 0.05) is 20.5 Å². The van der Waals surface area contributed by atoms with Crippen molar-refractivity contribution in [2.45, 2.75) is 9.99 Å². The maximum atomic E-state index is 5.90. The third-order valence-electron chi connectivity index (χ3n) is 2.87. The average Bonchev–Trinajstić information content (AvgIpc) is 2.89. The van der Waals surface area contributed by atoms with Crippen LogP contribution in [-0.2, 0) is 0 Å². The smallest absolute Gasteiger partial charge is 0.179 e. The van der Waals surface area contributed by atoms with Crippen LogP contribution in [0.15, 0.2) is 82.9 Å². The second-order valence-corrected chi connectivity index (χ2v) is 7.83. The van der Waals surface area contributed by atoms with Gasteiger partial charge in [-0.3, -0.25) is 4.99 Å². The van der Waals surface area contributed by atoms with Crippen molar-refractivity contribution in [3.05, 3.63) is 74.3 Å². The number of hydrogen-bond donors (Lipinski definition) is 0. The first-order valence-electron chi connectivity index (χ1n) is 6.62. The minimum Gasteiger partial charge on any atom is -0.447 e. The van der Waals surface area contributed by atoms with E-state index in [2.05, 4.69) is 36.9 Å². The number of rotatable bonds is 4. The van der Waals surface area contributed by atoms with Gasteiger partial charge in [0.25, 0.3) is 0 Å². The molecule has 0 aliphatic rings. The molecule has 0 spiro atoms. The Morgan fingerprint density at radius 2 is 1.70 bits per heavy atom. The van der Waals surface area contributed by atoms with Crippen LogP contribution < -0.4 is 0 Å². The van der Waals surface area contributed by atoms with E-state index in [0.29, 0.717) is 5.76 Å². The summed E-state index contributed by atoms with van der Waals surface area (Å²) in [6.07, 6.45) is 1.71. The van der Waals surface area contributed by atoms with Crippen molar-refractivity contribution in [1.82, 2.24) is 0 Å². The zero-order valence-electron chi connectivity index (χ0n) is 11.7. The molecule has 3 aromatic rings. The zero-order chi connectivity index (χ0) is 16.2. The molecule has 0 saturated heterocycles. The van der Waals surface area contributed by atoms with Gasteiger partial charge < -0.3 is 4.42 Å². The van der Waals surface area contributed by atoms with Gasteiger partial charge in [-0.05, 0) is 64.5 Å². The van der Waals surface area contributed by atoms with Crippen LogP contribution in [0.5, 0.6) is 0 Å². The van der Waals surface area contributed by atoms with Crippen LogP contribution in [0, 0.1) is 0 Å². The monoisotopic (exact) mass is 469 g/mol. The zero-order valence-corrected chi connectivity index (χ0v) is 16.4. The molecule has 6 heteroatoms. The van der Waals surface area contributed by atoms with Crippen molar-refractivity contribution in [2.24, 2.45) is 4.99 Å². The van der Waals surface area contributed by atoms with E-state index in [1.54, 1.807) is 6.21 Å². The van der Waals surface area contributed by atoms with Gasteiger partial charge in [-0.25, -0.2) is 0 Å². The molecule has 0 atom stereocenters. The number of hydrogen-bond acceptors (Lipinski definition) is 3. The predicted molar refractivity (Wildman–Crippen MR) is 103 cm³/mol. The maximum Gasteiger partial charge on any atom is 0.179 e. The van der Waals surface area contributed by atoms with Crippen LogP contribution in [0.2, 0.25) is 5.02 Å². The number of halogens is 3. The molecule has 2 aromatic carbocycles. The molecular formula is C17H10Br2ClNOS. The van der Waals surface area contributed by atoms with Crippen LogP contribution in [0.25, 0.3) is 0 Å². The lowest BCUT2D eigenvalue weighted by atomic mass is 10.3. The molecule has 3 rings (SSSR count). The highest BCUT2D eigenvalue weighted by Crippen LogP contribution is 2.36. The quantitative estimate of drug-likeness (QED) is 0.372. The highest BCUT2D eigenvalue weighted by atomic mass is 79.9. The Morgan fingerprint density at radius 3 is 2.39 bits per heavy atom. The number of benzene rings is 2. The summed E-state index contributed by atoms with van der Waals surface area (Å²) in [5.41, 5.74) is 0.868. The lowest BCUT2D eigenvalue weighted by Crippen LogP contribution is -1.74.